The van der Waals surface area contributed by atoms with Gasteiger partial charge >= 0.3 is 0 Å². The molecule has 0 fully saturated rings. The van der Waals surface area contributed by atoms with E-state index in [2.05, 4.69) is 13.8 Å². The maximum absolute atomic E-state index is 10.6. The van der Waals surface area contributed by atoms with E-state index in [0.29, 0.717) is 10.8 Å². The van der Waals surface area contributed by atoms with Gasteiger partial charge in [-0.2, -0.15) is 0 Å². The van der Waals surface area contributed by atoms with Crippen LogP contribution in [0.15, 0.2) is 29.2 Å². The fourth-order valence-corrected chi connectivity index (χ4v) is 1.34. The Labute approximate surface area is 103 Å². The van der Waals surface area contributed by atoms with E-state index in [4.69, 9.17) is 4.55 Å². The molecule has 13 heavy (non-hydrogen) atoms. The van der Waals surface area contributed by atoms with E-state index >= 15 is 0 Å². The van der Waals surface area contributed by atoms with Crippen LogP contribution in [0.2, 0.25) is 0 Å². The second-order valence-corrected chi connectivity index (χ2v) is 3.94. The SMILES string of the molecule is CC(C)c1ccc(S(=O)O)cc1.[Na]. The van der Waals surface area contributed by atoms with Gasteiger partial charge in [0.1, 0.15) is 0 Å². The summed E-state index contributed by atoms with van der Waals surface area (Å²) in [6.07, 6.45) is 0. The van der Waals surface area contributed by atoms with Crippen molar-refractivity contribution in [3.05, 3.63) is 29.8 Å². The molecular formula is C9H12NaO2S. The maximum Gasteiger partial charge on any atom is 0.186 e. The van der Waals surface area contributed by atoms with E-state index in [1.807, 2.05) is 12.1 Å². The Morgan fingerprint density at radius 2 is 1.69 bits per heavy atom. The quantitative estimate of drug-likeness (QED) is 0.595. The van der Waals surface area contributed by atoms with Crippen LogP contribution in [-0.4, -0.2) is 38.3 Å². The van der Waals surface area contributed by atoms with Crippen molar-refractivity contribution in [2.24, 2.45) is 0 Å². The first-order chi connectivity index (χ1) is 5.61. The van der Waals surface area contributed by atoms with Crippen molar-refractivity contribution in [1.29, 1.82) is 0 Å². The predicted molar refractivity (Wildman–Crippen MR) is 55.3 cm³/mol. The first-order valence-electron chi connectivity index (χ1n) is 3.82. The second-order valence-electron chi connectivity index (χ2n) is 2.97. The normalized spacial score (nSPS) is 12.3. The van der Waals surface area contributed by atoms with Crippen molar-refractivity contribution in [3.63, 3.8) is 0 Å². The summed E-state index contributed by atoms with van der Waals surface area (Å²) < 4.78 is 19.3. The molecule has 0 amide bonds. The summed E-state index contributed by atoms with van der Waals surface area (Å²) >= 11 is -1.85. The van der Waals surface area contributed by atoms with Gasteiger partial charge in [-0.15, -0.1) is 0 Å². The fraction of sp³-hybridized carbons (Fsp3) is 0.333. The third-order valence-electron chi connectivity index (χ3n) is 1.75. The Balaban J connectivity index is 0.00000144. The first-order valence-corrected chi connectivity index (χ1v) is 4.92. The third kappa shape index (κ3) is 3.92. The number of benzene rings is 1. The van der Waals surface area contributed by atoms with Crippen LogP contribution in [-0.2, 0) is 11.1 Å². The Morgan fingerprint density at radius 3 is 2.00 bits per heavy atom. The summed E-state index contributed by atoms with van der Waals surface area (Å²) in [7, 11) is 0. The van der Waals surface area contributed by atoms with Gasteiger partial charge in [0.05, 0.1) is 4.90 Å². The molecule has 1 aromatic carbocycles. The summed E-state index contributed by atoms with van der Waals surface area (Å²) in [6, 6.07) is 7.14. The van der Waals surface area contributed by atoms with Crippen LogP contribution in [0.3, 0.4) is 0 Å². The molecule has 2 nitrogen and oxygen atoms in total. The van der Waals surface area contributed by atoms with Gasteiger partial charge in [0.15, 0.2) is 11.1 Å². The molecule has 0 saturated carbocycles. The average Bonchev–Trinajstić information content (AvgIpc) is 2.04. The second kappa shape index (κ2) is 5.94. The zero-order chi connectivity index (χ0) is 9.14. The van der Waals surface area contributed by atoms with E-state index in [1.54, 1.807) is 12.1 Å². The summed E-state index contributed by atoms with van der Waals surface area (Å²) in [5.74, 6) is 0.464. The maximum atomic E-state index is 10.6. The van der Waals surface area contributed by atoms with E-state index in [1.165, 1.54) is 5.56 Å². The van der Waals surface area contributed by atoms with E-state index < -0.39 is 11.1 Å². The molecule has 0 aliphatic heterocycles. The molecule has 0 bridgehead atoms. The molecule has 0 aliphatic carbocycles. The average molecular weight is 207 g/mol. The third-order valence-corrected chi connectivity index (χ3v) is 2.42. The molecule has 0 aliphatic rings. The minimum Gasteiger partial charge on any atom is -0.302 e. The zero-order valence-electron chi connectivity index (χ0n) is 8.15. The van der Waals surface area contributed by atoms with Crippen molar-refractivity contribution in [3.8, 4) is 0 Å². The van der Waals surface area contributed by atoms with Crippen LogP contribution in [0.1, 0.15) is 25.3 Å². The van der Waals surface area contributed by atoms with Gasteiger partial charge < -0.3 is 4.55 Å². The largest absolute Gasteiger partial charge is 0.302 e. The van der Waals surface area contributed by atoms with Crippen molar-refractivity contribution < 1.29 is 8.76 Å². The molecular weight excluding hydrogens is 195 g/mol. The molecule has 1 N–H and O–H groups in total. The molecule has 1 atom stereocenters. The molecule has 0 saturated heterocycles. The van der Waals surface area contributed by atoms with Gasteiger partial charge in [-0.05, 0) is 23.6 Å². The van der Waals surface area contributed by atoms with E-state index in [9.17, 15) is 4.21 Å². The number of hydrogen-bond donors (Lipinski definition) is 1. The van der Waals surface area contributed by atoms with Crippen molar-refractivity contribution >= 4 is 40.6 Å². The van der Waals surface area contributed by atoms with Gasteiger partial charge in [0.25, 0.3) is 0 Å². The summed E-state index contributed by atoms with van der Waals surface area (Å²) in [4.78, 5) is 0.458. The molecule has 1 rings (SSSR count). The summed E-state index contributed by atoms with van der Waals surface area (Å²) in [5, 5.41) is 0. The van der Waals surface area contributed by atoms with Crippen molar-refractivity contribution in [2.75, 3.05) is 0 Å². The summed E-state index contributed by atoms with van der Waals surface area (Å²) in [6.45, 7) is 4.18. The fourth-order valence-electron chi connectivity index (χ4n) is 0.969. The topological polar surface area (TPSA) is 37.3 Å². The van der Waals surface area contributed by atoms with Gasteiger partial charge in [0.2, 0.25) is 0 Å². The first kappa shape index (κ1) is 13.3. The Morgan fingerprint density at radius 1 is 1.23 bits per heavy atom. The Kier molecular flexibility index (Phi) is 6.09. The smallest absolute Gasteiger partial charge is 0.186 e. The van der Waals surface area contributed by atoms with Crippen LogP contribution in [0, 0.1) is 0 Å². The van der Waals surface area contributed by atoms with Crippen LogP contribution in [0.4, 0.5) is 0 Å². The molecule has 0 heterocycles. The zero-order valence-corrected chi connectivity index (χ0v) is 11.0. The van der Waals surface area contributed by atoms with Gasteiger partial charge in [-0.1, -0.05) is 26.0 Å². The molecule has 4 heteroatoms. The minimum atomic E-state index is -1.85. The molecule has 0 spiro atoms. The molecule has 1 unspecified atom stereocenters. The molecule has 67 valence electrons. The van der Waals surface area contributed by atoms with Gasteiger partial charge in [-0.3, -0.25) is 0 Å². The van der Waals surface area contributed by atoms with E-state index in [-0.39, 0.29) is 29.6 Å². The predicted octanol–water partition coefficient (Wildman–Crippen LogP) is 2.01. The number of hydrogen-bond acceptors (Lipinski definition) is 1. The Hall–Kier alpha value is 0.330. The van der Waals surface area contributed by atoms with Gasteiger partial charge in [-0.25, -0.2) is 4.21 Å². The minimum absolute atomic E-state index is 0. The van der Waals surface area contributed by atoms with Crippen molar-refractivity contribution in [1.82, 2.24) is 0 Å². The van der Waals surface area contributed by atoms with Crippen molar-refractivity contribution in [2.45, 2.75) is 24.7 Å². The molecule has 1 radical (unpaired) electrons. The van der Waals surface area contributed by atoms with Gasteiger partial charge in [0, 0.05) is 29.6 Å². The van der Waals surface area contributed by atoms with Crippen LogP contribution >= 0.6 is 0 Å². The van der Waals surface area contributed by atoms with Crippen LogP contribution in [0.5, 0.6) is 0 Å². The monoisotopic (exact) mass is 207 g/mol. The molecule has 0 aromatic heterocycles. The number of rotatable bonds is 2. The summed E-state index contributed by atoms with van der Waals surface area (Å²) in [5.41, 5.74) is 1.18. The van der Waals surface area contributed by atoms with Crippen LogP contribution < -0.4 is 0 Å². The van der Waals surface area contributed by atoms with E-state index in [0.717, 1.165) is 0 Å². The molecule has 1 aromatic rings. The Bertz CT molecular complexity index is 282. The van der Waals surface area contributed by atoms with Crippen LogP contribution in [0.25, 0.3) is 0 Å². The standard InChI is InChI=1S/C9H12O2S.Na/c1-7(2)8-3-5-9(6-4-8)12(10)11;/h3-7H,1-2H3,(H,10,11);.